The Labute approximate surface area is 171 Å². The van der Waals surface area contributed by atoms with Gasteiger partial charge in [0.05, 0.1) is 18.6 Å². The molecule has 28 heavy (non-hydrogen) atoms. The maximum atomic E-state index is 11.6. The van der Waals surface area contributed by atoms with Gasteiger partial charge in [-0.1, -0.05) is 29.4 Å². The van der Waals surface area contributed by atoms with Crippen molar-refractivity contribution in [3.63, 3.8) is 0 Å². The van der Waals surface area contributed by atoms with Gasteiger partial charge >= 0.3 is 5.97 Å². The van der Waals surface area contributed by atoms with Crippen LogP contribution in [0.4, 0.5) is 5.95 Å². The molecule has 146 valence electrons. The van der Waals surface area contributed by atoms with Crippen LogP contribution in [0.3, 0.4) is 0 Å². The third kappa shape index (κ3) is 3.88. The lowest BCUT2D eigenvalue weighted by molar-refractivity contribution is 0.0563. The minimum atomic E-state index is -0.491. The van der Waals surface area contributed by atoms with Gasteiger partial charge in [0.2, 0.25) is 11.7 Å². The average molecular weight is 419 g/mol. The van der Waals surface area contributed by atoms with Gasteiger partial charge in [-0.2, -0.15) is 0 Å². The van der Waals surface area contributed by atoms with Gasteiger partial charge in [0.15, 0.2) is 5.16 Å². The number of carbonyl (C=O) groups excluding carboxylic acids is 1. The van der Waals surface area contributed by atoms with Gasteiger partial charge in [0.1, 0.15) is 5.76 Å². The first-order valence-electron chi connectivity index (χ1n) is 8.92. The van der Waals surface area contributed by atoms with Crippen LogP contribution in [0.15, 0.2) is 46.0 Å². The summed E-state index contributed by atoms with van der Waals surface area (Å²) in [6.07, 6.45) is 2.29. The predicted octanol–water partition coefficient (Wildman–Crippen LogP) is 4.19. The van der Waals surface area contributed by atoms with Gasteiger partial charge in [-0.05, 0) is 43.2 Å². The van der Waals surface area contributed by atoms with Crippen molar-refractivity contribution in [2.24, 2.45) is 0 Å². The molecule has 1 fully saturated rings. The van der Waals surface area contributed by atoms with Crippen LogP contribution in [0.5, 0.6) is 0 Å². The first-order chi connectivity index (χ1) is 13.7. The lowest BCUT2D eigenvalue weighted by Gasteiger charge is -2.18. The van der Waals surface area contributed by atoms with E-state index in [2.05, 4.69) is 19.8 Å². The zero-order valence-corrected chi connectivity index (χ0v) is 16.9. The number of halogens is 1. The monoisotopic (exact) mass is 418 g/mol. The van der Waals surface area contributed by atoms with E-state index in [0.717, 1.165) is 42.7 Å². The SMILES string of the molecule is COC(=O)c1ccc(CSc2nnc(N3CCCC3)n2-c2cccc(Cl)c2)o1. The summed E-state index contributed by atoms with van der Waals surface area (Å²) in [5.74, 6) is 1.68. The number of methoxy groups -OCH3 is 1. The van der Waals surface area contributed by atoms with E-state index in [1.54, 1.807) is 12.1 Å². The van der Waals surface area contributed by atoms with Gasteiger partial charge in [-0.15, -0.1) is 10.2 Å². The van der Waals surface area contributed by atoms with Crippen molar-refractivity contribution < 1.29 is 13.9 Å². The first kappa shape index (κ1) is 18.9. The van der Waals surface area contributed by atoms with Crippen LogP contribution < -0.4 is 4.90 Å². The minimum Gasteiger partial charge on any atom is -0.463 e. The number of rotatable bonds is 6. The fraction of sp³-hybridized carbons (Fsp3) is 0.316. The van der Waals surface area contributed by atoms with Crippen molar-refractivity contribution in [3.8, 4) is 5.69 Å². The van der Waals surface area contributed by atoms with Crippen molar-refractivity contribution in [2.75, 3.05) is 25.1 Å². The van der Waals surface area contributed by atoms with Crippen LogP contribution in [0.25, 0.3) is 5.69 Å². The molecule has 4 rings (SSSR count). The molecule has 0 aliphatic carbocycles. The van der Waals surface area contributed by atoms with E-state index in [4.69, 9.17) is 16.0 Å². The van der Waals surface area contributed by atoms with Crippen molar-refractivity contribution in [1.82, 2.24) is 14.8 Å². The summed E-state index contributed by atoms with van der Waals surface area (Å²) in [5, 5.41) is 10.2. The maximum Gasteiger partial charge on any atom is 0.373 e. The highest BCUT2D eigenvalue weighted by Crippen LogP contribution is 2.31. The van der Waals surface area contributed by atoms with Crippen molar-refractivity contribution >= 4 is 35.3 Å². The molecule has 0 atom stereocenters. The van der Waals surface area contributed by atoms with Crippen LogP contribution in [0, 0.1) is 0 Å². The van der Waals surface area contributed by atoms with Crippen LogP contribution in [0.1, 0.15) is 29.2 Å². The summed E-state index contributed by atoms with van der Waals surface area (Å²) in [4.78, 5) is 13.8. The zero-order chi connectivity index (χ0) is 19.5. The molecule has 0 spiro atoms. The number of nitrogens with zero attached hydrogens (tertiary/aromatic N) is 4. The molecule has 0 radical (unpaired) electrons. The number of ether oxygens (including phenoxy) is 1. The van der Waals surface area contributed by atoms with Gasteiger partial charge in [-0.3, -0.25) is 4.57 Å². The highest BCUT2D eigenvalue weighted by molar-refractivity contribution is 7.98. The Hall–Kier alpha value is -2.45. The molecule has 2 aromatic heterocycles. The largest absolute Gasteiger partial charge is 0.463 e. The second kappa shape index (κ2) is 8.28. The second-order valence-corrected chi connectivity index (χ2v) is 7.72. The summed E-state index contributed by atoms with van der Waals surface area (Å²) in [6, 6.07) is 11.0. The quantitative estimate of drug-likeness (QED) is 0.439. The van der Waals surface area contributed by atoms with Crippen LogP contribution in [-0.2, 0) is 10.5 Å². The second-order valence-electron chi connectivity index (χ2n) is 6.34. The van der Waals surface area contributed by atoms with Crippen LogP contribution >= 0.6 is 23.4 Å². The van der Waals surface area contributed by atoms with E-state index in [-0.39, 0.29) is 5.76 Å². The number of hydrogen-bond acceptors (Lipinski definition) is 7. The number of aromatic nitrogens is 3. The number of furan rings is 1. The van der Waals surface area contributed by atoms with E-state index in [1.165, 1.54) is 18.9 Å². The third-order valence-corrected chi connectivity index (χ3v) is 5.65. The Morgan fingerprint density at radius 1 is 1.25 bits per heavy atom. The molecule has 0 N–H and O–H groups in total. The highest BCUT2D eigenvalue weighted by atomic mass is 35.5. The fourth-order valence-corrected chi connectivity index (χ4v) is 4.15. The van der Waals surface area contributed by atoms with E-state index in [1.807, 2.05) is 28.8 Å². The van der Waals surface area contributed by atoms with Gasteiger partial charge < -0.3 is 14.1 Å². The molecule has 0 bridgehead atoms. The molecule has 7 nitrogen and oxygen atoms in total. The Morgan fingerprint density at radius 2 is 2.07 bits per heavy atom. The summed E-state index contributed by atoms with van der Waals surface area (Å²) in [5.41, 5.74) is 0.914. The number of hydrogen-bond donors (Lipinski definition) is 0. The highest BCUT2D eigenvalue weighted by Gasteiger charge is 2.23. The molecule has 1 aromatic carbocycles. The number of thioether (sulfide) groups is 1. The van der Waals surface area contributed by atoms with Crippen molar-refractivity contribution in [3.05, 3.63) is 52.9 Å². The first-order valence-corrected chi connectivity index (χ1v) is 10.3. The molecule has 0 unspecified atom stereocenters. The molecule has 3 aromatic rings. The zero-order valence-electron chi connectivity index (χ0n) is 15.3. The molecule has 3 heterocycles. The van der Waals surface area contributed by atoms with Crippen molar-refractivity contribution in [1.29, 1.82) is 0 Å². The fourth-order valence-electron chi connectivity index (χ4n) is 3.12. The van der Waals surface area contributed by atoms with Crippen LogP contribution in [0.2, 0.25) is 5.02 Å². The van der Waals surface area contributed by atoms with Crippen LogP contribution in [-0.4, -0.2) is 40.9 Å². The summed E-state index contributed by atoms with van der Waals surface area (Å²) < 4.78 is 12.2. The normalized spacial score (nSPS) is 13.9. The lowest BCUT2D eigenvalue weighted by Crippen LogP contribution is -2.22. The summed E-state index contributed by atoms with van der Waals surface area (Å²) in [6.45, 7) is 1.92. The Balaban J connectivity index is 1.61. The Bertz CT molecular complexity index is 981. The minimum absolute atomic E-state index is 0.187. The van der Waals surface area contributed by atoms with Gasteiger partial charge in [0, 0.05) is 18.1 Å². The van der Waals surface area contributed by atoms with Crippen molar-refractivity contribution in [2.45, 2.75) is 23.8 Å². The number of carbonyl (C=O) groups is 1. The molecule has 9 heteroatoms. The summed E-state index contributed by atoms with van der Waals surface area (Å²) in [7, 11) is 1.33. The smallest absolute Gasteiger partial charge is 0.373 e. The number of benzene rings is 1. The molecule has 1 saturated heterocycles. The standard InChI is InChI=1S/C19H19ClN4O3S/c1-26-17(25)16-8-7-15(27-16)12-28-19-22-21-18(23-9-2-3-10-23)24(19)14-6-4-5-13(20)11-14/h4-8,11H,2-3,9-10,12H2,1H3. The summed E-state index contributed by atoms with van der Waals surface area (Å²) >= 11 is 7.70. The maximum absolute atomic E-state index is 11.6. The van der Waals surface area contributed by atoms with E-state index >= 15 is 0 Å². The van der Waals surface area contributed by atoms with Gasteiger partial charge in [0.25, 0.3) is 0 Å². The molecule has 1 aliphatic heterocycles. The molecular formula is C19H19ClN4O3S. The predicted molar refractivity (Wildman–Crippen MR) is 107 cm³/mol. The molecule has 0 saturated carbocycles. The third-order valence-electron chi connectivity index (χ3n) is 4.46. The lowest BCUT2D eigenvalue weighted by atomic mass is 10.3. The van der Waals surface area contributed by atoms with Gasteiger partial charge in [-0.25, -0.2) is 4.79 Å². The Morgan fingerprint density at radius 3 is 2.82 bits per heavy atom. The average Bonchev–Trinajstić information content (AvgIpc) is 3.45. The number of anilines is 1. The number of esters is 1. The van der Waals surface area contributed by atoms with E-state index in [9.17, 15) is 4.79 Å². The topological polar surface area (TPSA) is 73.4 Å². The molecular weight excluding hydrogens is 400 g/mol. The molecule has 1 aliphatic rings. The molecule has 0 amide bonds. The van der Waals surface area contributed by atoms with E-state index in [0.29, 0.717) is 16.5 Å². The van der Waals surface area contributed by atoms with E-state index < -0.39 is 5.97 Å². The Kier molecular flexibility index (Phi) is 5.59.